The SMILES string of the molecule is CC1(C)OC[C@@H](O[C@@H](CO)[C@@H]2COC(C)(C)O2)O1. The van der Waals surface area contributed by atoms with Gasteiger partial charge in [-0.25, -0.2) is 0 Å². The van der Waals surface area contributed by atoms with Gasteiger partial charge in [0, 0.05) is 0 Å². The van der Waals surface area contributed by atoms with Crippen molar-refractivity contribution in [2.75, 3.05) is 19.8 Å². The van der Waals surface area contributed by atoms with Gasteiger partial charge < -0.3 is 28.8 Å². The molecule has 2 aliphatic rings. The predicted octanol–water partition coefficient (Wildman–Crippen LogP) is 0.624. The van der Waals surface area contributed by atoms with Crippen LogP contribution in [-0.4, -0.2) is 55.0 Å². The van der Waals surface area contributed by atoms with E-state index in [1.54, 1.807) is 0 Å². The molecule has 2 aliphatic heterocycles. The molecule has 1 N–H and O–H groups in total. The van der Waals surface area contributed by atoms with Crippen molar-refractivity contribution in [2.45, 2.75) is 57.8 Å². The minimum Gasteiger partial charge on any atom is -0.394 e. The Kier molecular flexibility index (Phi) is 3.96. The average Bonchev–Trinajstić information content (AvgIpc) is 2.78. The molecule has 2 saturated heterocycles. The van der Waals surface area contributed by atoms with Crippen LogP contribution in [0.15, 0.2) is 0 Å². The molecule has 0 amide bonds. The molecule has 106 valence electrons. The standard InChI is InChI=1S/C12H22O6/c1-11(2)14-6-9(17-11)8(5-13)16-10-7-15-12(3,4)18-10/h8-10,13H,5-7H2,1-4H3/t8-,9-,10-/m0/s1. The van der Waals surface area contributed by atoms with E-state index in [0.717, 1.165) is 0 Å². The number of hydrogen-bond acceptors (Lipinski definition) is 6. The van der Waals surface area contributed by atoms with Crippen LogP contribution in [0.4, 0.5) is 0 Å². The van der Waals surface area contributed by atoms with Gasteiger partial charge in [-0.1, -0.05) is 0 Å². The lowest BCUT2D eigenvalue weighted by molar-refractivity contribution is -0.228. The van der Waals surface area contributed by atoms with Crippen molar-refractivity contribution in [1.82, 2.24) is 0 Å². The quantitative estimate of drug-likeness (QED) is 0.801. The largest absolute Gasteiger partial charge is 0.394 e. The molecule has 0 radical (unpaired) electrons. The highest BCUT2D eigenvalue weighted by Gasteiger charge is 2.41. The predicted molar refractivity (Wildman–Crippen MR) is 61.8 cm³/mol. The second-order valence-electron chi connectivity index (χ2n) is 5.48. The van der Waals surface area contributed by atoms with E-state index in [1.807, 2.05) is 27.7 Å². The number of rotatable bonds is 4. The second kappa shape index (κ2) is 5.03. The van der Waals surface area contributed by atoms with Crippen molar-refractivity contribution in [3.8, 4) is 0 Å². The summed E-state index contributed by atoms with van der Waals surface area (Å²) in [7, 11) is 0. The monoisotopic (exact) mass is 262 g/mol. The van der Waals surface area contributed by atoms with Gasteiger partial charge in [0.05, 0.1) is 13.2 Å². The minimum atomic E-state index is -0.642. The molecule has 0 saturated carbocycles. The smallest absolute Gasteiger partial charge is 0.184 e. The van der Waals surface area contributed by atoms with Crippen LogP contribution in [0.5, 0.6) is 0 Å². The van der Waals surface area contributed by atoms with Crippen LogP contribution in [0.3, 0.4) is 0 Å². The van der Waals surface area contributed by atoms with Crippen molar-refractivity contribution >= 4 is 0 Å². The molecule has 0 aliphatic carbocycles. The third kappa shape index (κ3) is 3.40. The fourth-order valence-electron chi connectivity index (χ4n) is 2.06. The first-order valence-corrected chi connectivity index (χ1v) is 6.21. The molecule has 6 nitrogen and oxygen atoms in total. The molecular weight excluding hydrogens is 240 g/mol. The van der Waals surface area contributed by atoms with Crippen molar-refractivity contribution < 1.29 is 28.8 Å². The highest BCUT2D eigenvalue weighted by molar-refractivity contribution is 4.79. The zero-order chi connectivity index (χ0) is 13.4. The molecule has 2 rings (SSSR count). The summed E-state index contributed by atoms with van der Waals surface area (Å²) < 4.78 is 27.7. The number of aliphatic hydroxyl groups is 1. The van der Waals surface area contributed by atoms with E-state index in [9.17, 15) is 5.11 Å². The van der Waals surface area contributed by atoms with Gasteiger partial charge in [0.15, 0.2) is 17.9 Å². The first kappa shape index (κ1) is 14.2. The summed E-state index contributed by atoms with van der Waals surface area (Å²) in [6.07, 6.45) is -1.25. The third-order valence-corrected chi connectivity index (χ3v) is 2.93. The summed E-state index contributed by atoms with van der Waals surface area (Å²) in [6, 6.07) is 0. The normalized spacial score (nSPS) is 35.8. The molecule has 0 aromatic rings. The van der Waals surface area contributed by atoms with Crippen LogP contribution in [0.2, 0.25) is 0 Å². The van der Waals surface area contributed by atoms with Gasteiger partial charge in [-0.15, -0.1) is 0 Å². The number of aliphatic hydroxyl groups excluding tert-OH is 1. The maximum atomic E-state index is 9.39. The van der Waals surface area contributed by atoms with Gasteiger partial charge in [-0.05, 0) is 27.7 Å². The van der Waals surface area contributed by atoms with Gasteiger partial charge in [0.25, 0.3) is 0 Å². The van der Waals surface area contributed by atoms with Crippen LogP contribution in [0, 0.1) is 0 Å². The number of hydrogen-bond donors (Lipinski definition) is 1. The molecule has 0 spiro atoms. The Bertz CT molecular complexity index is 290. The van der Waals surface area contributed by atoms with E-state index >= 15 is 0 Å². The Labute approximate surface area is 107 Å². The third-order valence-electron chi connectivity index (χ3n) is 2.93. The van der Waals surface area contributed by atoms with Crippen LogP contribution < -0.4 is 0 Å². The fraction of sp³-hybridized carbons (Fsp3) is 1.00. The number of ether oxygens (including phenoxy) is 5. The Morgan fingerprint density at radius 3 is 2.17 bits per heavy atom. The van der Waals surface area contributed by atoms with E-state index in [1.165, 1.54) is 0 Å². The lowest BCUT2D eigenvalue weighted by Crippen LogP contribution is -2.39. The Hall–Kier alpha value is -0.240. The maximum absolute atomic E-state index is 9.39. The lowest BCUT2D eigenvalue weighted by atomic mass is 10.2. The van der Waals surface area contributed by atoms with E-state index in [4.69, 9.17) is 23.7 Å². The minimum absolute atomic E-state index is 0.148. The van der Waals surface area contributed by atoms with E-state index in [-0.39, 0.29) is 12.7 Å². The molecule has 0 aromatic carbocycles. The summed E-state index contributed by atoms with van der Waals surface area (Å²) in [6.45, 7) is 7.91. The van der Waals surface area contributed by atoms with Crippen molar-refractivity contribution in [3.63, 3.8) is 0 Å². The lowest BCUT2D eigenvalue weighted by Gasteiger charge is -2.25. The summed E-state index contributed by atoms with van der Waals surface area (Å²) in [4.78, 5) is 0. The Morgan fingerprint density at radius 1 is 1.11 bits per heavy atom. The van der Waals surface area contributed by atoms with E-state index < -0.39 is 24.0 Å². The van der Waals surface area contributed by atoms with Gasteiger partial charge >= 0.3 is 0 Å². The van der Waals surface area contributed by atoms with Crippen molar-refractivity contribution in [3.05, 3.63) is 0 Å². The van der Waals surface area contributed by atoms with E-state index in [0.29, 0.717) is 13.2 Å². The van der Waals surface area contributed by atoms with Gasteiger partial charge in [-0.3, -0.25) is 0 Å². The summed E-state index contributed by atoms with van der Waals surface area (Å²) >= 11 is 0. The zero-order valence-electron chi connectivity index (χ0n) is 11.3. The Balaban J connectivity index is 1.87. The molecule has 0 unspecified atom stereocenters. The fourth-order valence-corrected chi connectivity index (χ4v) is 2.06. The van der Waals surface area contributed by atoms with Crippen molar-refractivity contribution in [1.29, 1.82) is 0 Å². The first-order valence-electron chi connectivity index (χ1n) is 6.21. The van der Waals surface area contributed by atoms with Crippen LogP contribution in [0.25, 0.3) is 0 Å². The molecule has 0 bridgehead atoms. The van der Waals surface area contributed by atoms with Crippen molar-refractivity contribution in [2.24, 2.45) is 0 Å². The Morgan fingerprint density at radius 2 is 1.72 bits per heavy atom. The second-order valence-corrected chi connectivity index (χ2v) is 5.48. The topological polar surface area (TPSA) is 66.4 Å². The maximum Gasteiger partial charge on any atom is 0.184 e. The van der Waals surface area contributed by atoms with Gasteiger partial charge in [0.1, 0.15) is 18.8 Å². The van der Waals surface area contributed by atoms with E-state index in [2.05, 4.69) is 0 Å². The van der Waals surface area contributed by atoms with Crippen LogP contribution in [-0.2, 0) is 23.7 Å². The molecule has 2 fully saturated rings. The molecular formula is C12H22O6. The first-order chi connectivity index (χ1) is 8.31. The zero-order valence-corrected chi connectivity index (χ0v) is 11.3. The molecule has 6 heteroatoms. The average molecular weight is 262 g/mol. The molecule has 2 heterocycles. The van der Waals surface area contributed by atoms with Crippen LogP contribution in [0.1, 0.15) is 27.7 Å². The summed E-state index contributed by atoms with van der Waals surface area (Å²) in [5.41, 5.74) is 0. The highest BCUT2D eigenvalue weighted by Crippen LogP contribution is 2.28. The van der Waals surface area contributed by atoms with Gasteiger partial charge in [-0.2, -0.15) is 0 Å². The highest BCUT2D eigenvalue weighted by atomic mass is 16.8. The summed E-state index contributed by atoms with van der Waals surface area (Å²) in [5, 5.41) is 9.39. The molecule has 3 atom stereocenters. The molecule has 18 heavy (non-hydrogen) atoms. The molecule has 0 aromatic heterocycles. The summed E-state index contributed by atoms with van der Waals surface area (Å²) in [5.74, 6) is -1.27. The van der Waals surface area contributed by atoms with Gasteiger partial charge in [0.2, 0.25) is 0 Å². The van der Waals surface area contributed by atoms with Crippen LogP contribution >= 0.6 is 0 Å².